The average molecular weight is 309 g/mol. The normalized spacial score (nSPS) is 25.2. The lowest BCUT2D eigenvalue weighted by Gasteiger charge is -2.39. The van der Waals surface area contributed by atoms with Crippen molar-refractivity contribution >= 4 is 17.4 Å². The third-order valence-electron chi connectivity index (χ3n) is 4.67. The van der Waals surface area contributed by atoms with Crippen LogP contribution in [0.4, 0.5) is 5.82 Å². The van der Waals surface area contributed by atoms with Crippen LogP contribution in [0.2, 0.25) is 5.02 Å². The van der Waals surface area contributed by atoms with Gasteiger partial charge in [0.25, 0.3) is 0 Å². The number of piperazine rings is 1. The predicted octanol–water partition coefficient (Wildman–Crippen LogP) is 2.20. The minimum Gasteiger partial charge on any atom is -0.355 e. The van der Waals surface area contributed by atoms with Gasteiger partial charge in [0.15, 0.2) is 0 Å². The number of rotatable bonds is 3. The highest BCUT2D eigenvalue weighted by molar-refractivity contribution is 6.32. The summed E-state index contributed by atoms with van der Waals surface area (Å²) in [6.45, 7) is 8.19. The summed E-state index contributed by atoms with van der Waals surface area (Å²) in [6.07, 6.45) is 4.41. The molecule has 116 valence electrons. The monoisotopic (exact) mass is 308 g/mol. The molecular weight excluding hydrogens is 284 g/mol. The zero-order valence-electron chi connectivity index (χ0n) is 12.8. The van der Waals surface area contributed by atoms with Crippen molar-refractivity contribution in [3.05, 3.63) is 23.4 Å². The van der Waals surface area contributed by atoms with Gasteiger partial charge >= 0.3 is 0 Å². The van der Waals surface area contributed by atoms with E-state index < -0.39 is 0 Å². The summed E-state index contributed by atoms with van der Waals surface area (Å²) in [5, 5.41) is 0.776. The maximum absolute atomic E-state index is 6.29. The quantitative estimate of drug-likeness (QED) is 0.854. The van der Waals surface area contributed by atoms with E-state index in [0.717, 1.165) is 29.8 Å². The van der Waals surface area contributed by atoms with Gasteiger partial charge < -0.3 is 14.7 Å². The minimum absolute atomic E-state index is 0.736. The van der Waals surface area contributed by atoms with Crippen molar-refractivity contribution in [3.8, 4) is 0 Å². The van der Waals surface area contributed by atoms with E-state index >= 15 is 0 Å². The van der Waals surface area contributed by atoms with Crippen LogP contribution in [0.1, 0.15) is 12.8 Å². The Morgan fingerprint density at radius 2 is 2.05 bits per heavy atom. The number of hydrogen-bond acceptors (Lipinski definition) is 4. The predicted molar refractivity (Wildman–Crippen MR) is 88.1 cm³/mol. The summed E-state index contributed by atoms with van der Waals surface area (Å²) in [5.74, 6) is 1.70. The van der Waals surface area contributed by atoms with Gasteiger partial charge in [0, 0.05) is 52.0 Å². The molecule has 0 radical (unpaired) electrons. The Morgan fingerprint density at radius 3 is 2.81 bits per heavy atom. The molecule has 2 aliphatic rings. The molecule has 0 amide bonds. The third-order valence-corrected chi connectivity index (χ3v) is 4.96. The number of nitrogens with zero attached hydrogens (tertiary/aromatic N) is 4. The maximum Gasteiger partial charge on any atom is 0.147 e. The van der Waals surface area contributed by atoms with Crippen LogP contribution in [0, 0.1) is 5.92 Å². The summed E-state index contributed by atoms with van der Waals surface area (Å²) < 4.78 is 0. The van der Waals surface area contributed by atoms with E-state index in [4.69, 9.17) is 11.6 Å². The molecule has 0 aliphatic carbocycles. The van der Waals surface area contributed by atoms with Gasteiger partial charge in [-0.05, 0) is 37.9 Å². The third kappa shape index (κ3) is 3.87. The molecule has 0 saturated carbocycles. The number of halogens is 1. The molecule has 2 saturated heterocycles. The number of aromatic nitrogens is 1. The van der Waals surface area contributed by atoms with Crippen LogP contribution in [0.25, 0.3) is 0 Å². The van der Waals surface area contributed by atoms with E-state index in [0.29, 0.717) is 0 Å². The Bertz CT molecular complexity index is 459. The van der Waals surface area contributed by atoms with Gasteiger partial charge in [-0.25, -0.2) is 4.98 Å². The van der Waals surface area contributed by atoms with Gasteiger partial charge in [0.2, 0.25) is 0 Å². The number of anilines is 1. The Labute approximate surface area is 132 Å². The molecular formula is C16H25ClN4. The highest BCUT2D eigenvalue weighted by Gasteiger charge is 2.25. The second-order valence-corrected chi connectivity index (χ2v) is 6.77. The average Bonchev–Trinajstić information content (AvgIpc) is 2.50. The lowest BCUT2D eigenvalue weighted by molar-refractivity contribution is 0.131. The van der Waals surface area contributed by atoms with Gasteiger partial charge in [0.1, 0.15) is 5.82 Å². The molecule has 5 heteroatoms. The van der Waals surface area contributed by atoms with Crippen LogP contribution in [0.3, 0.4) is 0 Å². The van der Waals surface area contributed by atoms with E-state index in [1.807, 2.05) is 18.3 Å². The van der Waals surface area contributed by atoms with Crippen LogP contribution in [0.5, 0.6) is 0 Å². The molecule has 4 nitrogen and oxygen atoms in total. The van der Waals surface area contributed by atoms with Crippen LogP contribution >= 0.6 is 11.6 Å². The van der Waals surface area contributed by atoms with E-state index in [1.54, 1.807) is 0 Å². The molecule has 21 heavy (non-hydrogen) atoms. The Kier molecular flexibility index (Phi) is 4.99. The summed E-state index contributed by atoms with van der Waals surface area (Å²) in [7, 11) is 2.21. The smallest absolute Gasteiger partial charge is 0.147 e. The van der Waals surface area contributed by atoms with Crippen molar-refractivity contribution in [2.24, 2.45) is 5.92 Å². The Hall–Kier alpha value is -0.840. The number of hydrogen-bond donors (Lipinski definition) is 0. The molecule has 0 aromatic carbocycles. The number of likely N-dealkylation sites (N-methyl/N-ethyl adjacent to an activating group) is 1. The van der Waals surface area contributed by atoms with E-state index in [2.05, 4.69) is 26.7 Å². The molecule has 3 rings (SSSR count). The van der Waals surface area contributed by atoms with E-state index in [1.165, 1.54) is 45.6 Å². The molecule has 3 heterocycles. The zero-order chi connectivity index (χ0) is 14.7. The van der Waals surface area contributed by atoms with Gasteiger partial charge in [-0.1, -0.05) is 11.6 Å². The second kappa shape index (κ2) is 6.95. The van der Waals surface area contributed by atoms with Crippen molar-refractivity contribution in [2.75, 3.05) is 57.8 Å². The van der Waals surface area contributed by atoms with Gasteiger partial charge in [0.05, 0.1) is 5.02 Å². The van der Waals surface area contributed by atoms with Crippen LogP contribution in [-0.2, 0) is 0 Å². The molecule has 1 atom stereocenters. The topological polar surface area (TPSA) is 22.6 Å². The van der Waals surface area contributed by atoms with E-state index in [-0.39, 0.29) is 0 Å². The van der Waals surface area contributed by atoms with Crippen LogP contribution < -0.4 is 4.90 Å². The molecule has 0 N–H and O–H groups in total. The minimum atomic E-state index is 0.736. The summed E-state index contributed by atoms with van der Waals surface area (Å²) >= 11 is 6.29. The maximum atomic E-state index is 6.29. The summed E-state index contributed by atoms with van der Waals surface area (Å²) in [5.41, 5.74) is 0. The molecule has 2 aliphatic heterocycles. The Morgan fingerprint density at radius 1 is 1.24 bits per heavy atom. The molecule has 0 bridgehead atoms. The first-order chi connectivity index (χ1) is 10.2. The second-order valence-electron chi connectivity index (χ2n) is 6.37. The molecule has 0 spiro atoms. The fourth-order valence-corrected chi connectivity index (χ4v) is 3.65. The van der Waals surface area contributed by atoms with Crippen molar-refractivity contribution in [3.63, 3.8) is 0 Å². The first kappa shape index (κ1) is 15.1. The zero-order valence-corrected chi connectivity index (χ0v) is 13.6. The van der Waals surface area contributed by atoms with Gasteiger partial charge in [-0.3, -0.25) is 0 Å². The van der Waals surface area contributed by atoms with Gasteiger partial charge in [-0.2, -0.15) is 0 Å². The van der Waals surface area contributed by atoms with Crippen LogP contribution in [-0.4, -0.2) is 67.6 Å². The van der Waals surface area contributed by atoms with E-state index in [9.17, 15) is 0 Å². The highest BCUT2D eigenvalue weighted by Crippen LogP contribution is 2.27. The fourth-order valence-electron chi connectivity index (χ4n) is 3.41. The molecule has 2 fully saturated rings. The number of pyridine rings is 1. The van der Waals surface area contributed by atoms with Crippen molar-refractivity contribution in [1.82, 2.24) is 14.8 Å². The molecule has 1 aromatic heterocycles. The molecule has 0 unspecified atom stereocenters. The van der Waals surface area contributed by atoms with Crippen molar-refractivity contribution < 1.29 is 0 Å². The lowest BCUT2D eigenvalue weighted by Crippen LogP contribution is -2.48. The first-order valence-electron chi connectivity index (χ1n) is 7.99. The highest BCUT2D eigenvalue weighted by atomic mass is 35.5. The number of piperidine rings is 1. The standard InChI is InChI=1S/C16H25ClN4/c1-19-8-10-20(11-9-19)12-14-4-3-7-21(13-14)16-15(17)5-2-6-18-16/h2,5-6,14H,3-4,7-13H2,1H3/t14-/m0/s1. The Balaban J connectivity index is 1.57. The summed E-state index contributed by atoms with van der Waals surface area (Å²) in [4.78, 5) is 11.9. The van der Waals surface area contributed by atoms with Crippen molar-refractivity contribution in [1.29, 1.82) is 0 Å². The lowest BCUT2D eigenvalue weighted by atomic mass is 9.97. The SMILES string of the molecule is CN1CCN(C[C@@H]2CCCN(c3ncccc3Cl)C2)CC1. The van der Waals surface area contributed by atoms with Crippen LogP contribution in [0.15, 0.2) is 18.3 Å². The largest absolute Gasteiger partial charge is 0.355 e. The molecule has 1 aromatic rings. The summed E-state index contributed by atoms with van der Waals surface area (Å²) in [6, 6.07) is 3.84. The fraction of sp³-hybridized carbons (Fsp3) is 0.688. The van der Waals surface area contributed by atoms with Gasteiger partial charge in [-0.15, -0.1) is 0 Å². The first-order valence-corrected chi connectivity index (χ1v) is 8.36. The van der Waals surface area contributed by atoms with Crippen molar-refractivity contribution in [2.45, 2.75) is 12.8 Å².